The smallest absolute Gasteiger partial charge is 0.170 e. The maximum atomic E-state index is 14.1. The van der Waals surface area contributed by atoms with Crippen molar-refractivity contribution < 1.29 is 13.9 Å². The highest BCUT2D eigenvalue weighted by Crippen LogP contribution is 2.33. The van der Waals surface area contributed by atoms with Crippen LogP contribution in [-0.4, -0.2) is 32.5 Å². The Kier molecular flexibility index (Phi) is 5.11. The summed E-state index contributed by atoms with van der Waals surface area (Å²) < 4.78 is 23.6. The van der Waals surface area contributed by atoms with Crippen LogP contribution in [0.1, 0.15) is 27.4 Å². The van der Waals surface area contributed by atoms with Gasteiger partial charge < -0.3 is 4.74 Å². The maximum Gasteiger partial charge on any atom is 0.170 e. The third-order valence-corrected chi connectivity index (χ3v) is 5.51. The fraction of sp³-hybridized carbons (Fsp3) is 0.261. The SMILES string of the molecule is Cc1nn(C)c(C)c1CCOc1ccc(F)cc1-c1ccc2c(c1)c(C=O)nn2C. The summed E-state index contributed by atoms with van der Waals surface area (Å²) in [7, 11) is 3.71. The molecule has 2 heterocycles. The van der Waals surface area contributed by atoms with E-state index in [0.717, 1.165) is 39.7 Å². The molecule has 2 aromatic heterocycles. The van der Waals surface area contributed by atoms with E-state index < -0.39 is 0 Å². The summed E-state index contributed by atoms with van der Waals surface area (Å²) in [6.45, 7) is 4.46. The van der Waals surface area contributed by atoms with Gasteiger partial charge in [-0.1, -0.05) is 6.07 Å². The molecule has 30 heavy (non-hydrogen) atoms. The molecule has 154 valence electrons. The van der Waals surface area contributed by atoms with E-state index in [9.17, 15) is 9.18 Å². The van der Waals surface area contributed by atoms with Gasteiger partial charge in [-0.3, -0.25) is 14.2 Å². The predicted octanol–water partition coefficient (Wildman–Crippen LogP) is 4.16. The second-order valence-electron chi connectivity index (χ2n) is 7.37. The molecule has 0 aliphatic carbocycles. The average Bonchev–Trinajstić information content (AvgIpc) is 3.18. The summed E-state index contributed by atoms with van der Waals surface area (Å²) in [5.74, 6) is 0.240. The van der Waals surface area contributed by atoms with Crippen LogP contribution in [0.4, 0.5) is 4.39 Å². The molecule has 0 aliphatic rings. The van der Waals surface area contributed by atoms with E-state index >= 15 is 0 Å². The van der Waals surface area contributed by atoms with Crippen LogP contribution < -0.4 is 4.74 Å². The van der Waals surface area contributed by atoms with E-state index in [1.54, 1.807) is 17.8 Å². The van der Waals surface area contributed by atoms with E-state index in [4.69, 9.17) is 4.74 Å². The highest BCUT2D eigenvalue weighted by atomic mass is 19.1. The van der Waals surface area contributed by atoms with Gasteiger partial charge in [0.2, 0.25) is 0 Å². The molecule has 4 rings (SSSR count). The summed E-state index contributed by atoms with van der Waals surface area (Å²) >= 11 is 0. The largest absolute Gasteiger partial charge is 0.493 e. The first-order chi connectivity index (χ1) is 14.4. The Morgan fingerprint density at radius 3 is 2.57 bits per heavy atom. The molecule has 7 heteroatoms. The van der Waals surface area contributed by atoms with Crippen molar-refractivity contribution in [2.75, 3.05) is 6.61 Å². The van der Waals surface area contributed by atoms with Crippen LogP contribution in [0.15, 0.2) is 36.4 Å². The molecule has 0 amide bonds. The minimum atomic E-state index is -0.349. The van der Waals surface area contributed by atoms with Crippen LogP contribution in [0.2, 0.25) is 0 Å². The fourth-order valence-electron chi connectivity index (χ4n) is 3.84. The van der Waals surface area contributed by atoms with Crippen molar-refractivity contribution in [1.29, 1.82) is 0 Å². The second kappa shape index (κ2) is 7.74. The average molecular weight is 406 g/mol. The highest BCUT2D eigenvalue weighted by Gasteiger charge is 2.14. The zero-order chi connectivity index (χ0) is 21.4. The van der Waals surface area contributed by atoms with Gasteiger partial charge in [0.1, 0.15) is 17.3 Å². The van der Waals surface area contributed by atoms with E-state index in [0.29, 0.717) is 30.0 Å². The number of rotatable bonds is 6. The number of halogens is 1. The van der Waals surface area contributed by atoms with Crippen molar-refractivity contribution in [3.63, 3.8) is 0 Å². The molecule has 0 radical (unpaired) electrons. The van der Waals surface area contributed by atoms with Crippen molar-refractivity contribution in [3.05, 3.63) is 64.9 Å². The van der Waals surface area contributed by atoms with E-state index in [1.165, 1.54) is 12.1 Å². The van der Waals surface area contributed by atoms with Gasteiger partial charge in [-0.15, -0.1) is 0 Å². The van der Waals surface area contributed by atoms with Crippen LogP contribution in [-0.2, 0) is 20.5 Å². The number of hydrogen-bond acceptors (Lipinski definition) is 4. The quantitative estimate of drug-likeness (QED) is 0.451. The molecule has 0 saturated heterocycles. The Morgan fingerprint density at radius 1 is 1.07 bits per heavy atom. The van der Waals surface area contributed by atoms with Gasteiger partial charge in [-0.05, 0) is 55.3 Å². The van der Waals surface area contributed by atoms with Crippen molar-refractivity contribution in [1.82, 2.24) is 19.6 Å². The van der Waals surface area contributed by atoms with Crippen LogP contribution in [0, 0.1) is 19.7 Å². The number of fused-ring (bicyclic) bond motifs is 1. The first-order valence-electron chi connectivity index (χ1n) is 9.72. The molecule has 0 N–H and O–H groups in total. The number of carbonyl (C=O) groups excluding carboxylic acids is 1. The molecule has 0 bridgehead atoms. The van der Waals surface area contributed by atoms with Gasteiger partial charge in [0.05, 0.1) is 17.8 Å². The Hall–Kier alpha value is -3.48. The second-order valence-corrected chi connectivity index (χ2v) is 7.37. The Balaban J connectivity index is 1.65. The number of carbonyl (C=O) groups is 1. The van der Waals surface area contributed by atoms with Crippen LogP contribution in [0.25, 0.3) is 22.0 Å². The number of hydrogen-bond donors (Lipinski definition) is 0. The summed E-state index contributed by atoms with van der Waals surface area (Å²) in [4.78, 5) is 11.4. The zero-order valence-corrected chi connectivity index (χ0v) is 17.4. The number of benzene rings is 2. The first-order valence-corrected chi connectivity index (χ1v) is 9.72. The lowest BCUT2D eigenvalue weighted by Crippen LogP contribution is -2.04. The van der Waals surface area contributed by atoms with E-state index in [-0.39, 0.29) is 5.82 Å². The minimum absolute atomic E-state index is 0.349. The normalized spacial score (nSPS) is 11.2. The van der Waals surface area contributed by atoms with Crippen LogP contribution >= 0.6 is 0 Å². The lowest BCUT2D eigenvalue weighted by molar-refractivity contribution is 0.111. The standard InChI is InChI=1S/C23H23FN4O2/c1-14-18(15(2)27(3)25-14)9-10-30-23-8-6-17(24)12-19(23)16-5-7-22-20(11-16)21(13-29)26-28(22)4/h5-8,11-13H,9-10H2,1-4H3. The molecule has 0 aliphatic heterocycles. The van der Waals surface area contributed by atoms with Gasteiger partial charge >= 0.3 is 0 Å². The number of ether oxygens (including phenoxy) is 1. The lowest BCUT2D eigenvalue weighted by Gasteiger charge is -2.13. The van der Waals surface area contributed by atoms with Crippen LogP contribution in [0.3, 0.4) is 0 Å². The van der Waals surface area contributed by atoms with Gasteiger partial charge in [0.15, 0.2) is 6.29 Å². The summed E-state index contributed by atoms with van der Waals surface area (Å²) in [5.41, 5.74) is 5.85. The summed E-state index contributed by atoms with van der Waals surface area (Å²) in [6.07, 6.45) is 1.44. The Morgan fingerprint density at radius 2 is 1.87 bits per heavy atom. The monoisotopic (exact) mass is 406 g/mol. The fourth-order valence-corrected chi connectivity index (χ4v) is 3.84. The molecule has 6 nitrogen and oxygen atoms in total. The number of nitrogens with zero attached hydrogens (tertiary/aromatic N) is 4. The molecule has 0 saturated carbocycles. The number of aldehydes is 1. The summed E-state index contributed by atoms with van der Waals surface area (Å²) in [6, 6.07) is 10.1. The Bertz CT molecular complexity index is 1260. The van der Waals surface area contributed by atoms with Crippen molar-refractivity contribution in [3.8, 4) is 16.9 Å². The molecule has 4 aromatic rings. The molecular weight excluding hydrogens is 383 g/mol. The lowest BCUT2D eigenvalue weighted by atomic mass is 10.0. The number of aryl methyl sites for hydroxylation is 3. The molecule has 2 aromatic carbocycles. The molecule has 0 atom stereocenters. The third kappa shape index (κ3) is 3.47. The molecule has 0 unspecified atom stereocenters. The van der Waals surface area contributed by atoms with Gasteiger partial charge in [-0.25, -0.2) is 4.39 Å². The molecule has 0 fully saturated rings. The first kappa shape index (κ1) is 19.8. The third-order valence-electron chi connectivity index (χ3n) is 5.51. The Labute approximate surface area is 173 Å². The molecule has 0 spiro atoms. The van der Waals surface area contributed by atoms with Gasteiger partial charge in [-0.2, -0.15) is 10.2 Å². The van der Waals surface area contributed by atoms with Gasteiger partial charge in [0, 0.05) is 37.2 Å². The molecular formula is C23H23FN4O2. The zero-order valence-electron chi connectivity index (χ0n) is 17.4. The number of aromatic nitrogens is 4. The van der Waals surface area contributed by atoms with Crippen LogP contribution in [0.5, 0.6) is 5.75 Å². The van der Waals surface area contributed by atoms with E-state index in [2.05, 4.69) is 10.2 Å². The van der Waals surface area contributed by atoms with Crippen molar-refractivity contribution in [2.24, 2.45) is 14.1 Å². The minimum Gasteiger partial charge on any atom is -0.493 e. The highest BCUT2D eigenvalue weighted by molar-refractivity contribution is 5.97. The predicted molar refractivity (Wildman–Crippen MR) is 113 cm³/mol. The van der Waals surface area contributed by atoms with E-state index in [1.807, 2.05) is 43.8 Å². The topological polar surface area (TPSA) is 61.9 Å². The summed E-state index contributed by atoms with van der Waals surface area (Å²) in [5, 5.41) is 9.38. The maximum absolute atomic E-state index is 14.1. The van der Waals surface area contributed by atoms with Gasteiger partial charge in [0.25, 0.3) is 0 Å². The van der Waals surface area contributed by atoms with Crippen molar-refractivity contribution in [2.45, 2.75) is 20.3 Å². The van der Waals surface area contributed by atoms with Crippen molar-refractivity contribution >= 4 is 17.2 Å².